The number of amides is 3. The Morgan fingerprint density at radius 3 is 2.41 bits per heavy atom. The molecule has 1 aromatic rings. The first-order valence-corrected chi connectivity index (χ1v) is 9.68. The average molecular weight is 369 g/mol. The summed E-state index contributed by atoms with van der Waals surface area (Å²) in [5.41, 5.74) is 0.892. The van der Waals surface area contributed by atoms with Crippen LogP contribution >= 0.6 is 0 Å². The zero-order valence-corrected chi connectivity index (χ0v) is 15.9. The molecule has 1 N–H and O–H groups in total. The highest BCUT2D eigenvalue weighted by molar-refractivity contribution is 6.08. The molecule has 6 nitrogen and oxygen atoms in total. The lowest BCUT2D eigenvalue weighted by Gasteiger charge is -2.27. The number of aromatic nitrogens is 1. The SMILES string of the molecule is CC(C)CC(C(=O)NCCc1ccccn1)N1C(=O)C2CC=CCC2C1=O. The lowest BCUT2D eigenvalue weighted by atomic mass is 9.85. The minimum Gasteiger partial charge on any atom is -0.354 e. The van der Waals surface area contributed by atoms with Crippen LogP contribution in [0.3, 0.4) is 0 Å². The molecule has 0 radical (unpaired) electrons. The van der Waals surface area contributed by atoms with Gasteiger partial charge in [-0.05, 0) is 37.3 Å². The van der Waals surface area contributed by atoms with Crippen molar-refractivity contribution in [1.82, 2.24) is 15.2 Å². The van der Waals surface area contributed by atoms with Gasteiger partial charge in [-0.1, -0.05) is 32.1 Å². The van der Waals surface area contributed by atoms with E-state index in [2.05, 4.69) is 10.3 Å². The van der Waals surface area contributed by atoms with Crippen LogP contribution in [0.15, 0.2) is 36.5 Å². The van der Waals surface area contributed by atoms with Crippen LogP contribution < -0.4 is 5.32 Å². The van der Waals surface area contributed by atoms with Crippen LogP contribution in [0.25, 0.3) is 0 Å². The molecule has 0 saturated carbocycles. The maximum Gasteiger partial charge on any atom is 0.243 e. The maximum atomic E-state index is 12.9. The van der Waals surface area contributed by atoms with Crippen molar-refractivity contribution in [1.29, 1.82) is 0 Å². The smallest absolute Gasteiger partial charge is 0.243 e. The van der Waals surface area contributed by atoms with Gasteiger partial charge < -0.3 is 5.32 Å². The van der Waals surface area contributed by atoms with Gasteiger partial charge in [0.25, 0.3) is 0 Å². The van der Waals surface area contributed by atoms with E-state index in [0.29, 0.717) is 32.2 Å². The van der Waals surface area contributed by atoms with Crippen LogP contribution in [-0.2, 0) is 20.8 Å². The van der Waals surface area contributed by atoms with E-state index >= 15 is 0 Å². The first-order valence-electron chi connectivity index (χ1n) is 9.68. The minimum atomic E-state index is -0.737. The van der Waals surface area contributed by atoms with Crippen LogP contribution in [0.5, 0.6) is 0 Å². The van der Waals surface area contributed by atoms with Gasteiger partial charge in [-0.2, -0.15) is 0 Å². The molecule has 2 heterocycles. The fraction of sp³-hybridized carbons (Fsp3) is 0.524. The first-order chi connectivity index (χ1) is 13.0. The van der Waals surface area contributed by atoms with Gasteiger partial charge in [0.15, 0.2) is 0 Å². The number of fused-ring (bicyclic) bond motifs is 1. The number of carbonyl (C=O) groups excluding carboxylic acids is 3. The molecule has 3 unspecified atom stereocenters. The van der Waals surface area contributed by atoms with Crippen LogP contribution in [0.2, 0.25) is 0 Å². The van der Waals surface area contributed by atoms with Gasteiger partial charge in [-0.3, -0.25) is 24.3 Å². The molecule has 1 fully saturated rings. The zero-order chi connectivity index (χ0) is 19.4. The number of allylic oxidation sites excluding steroid dienone is 2. The van der Waals surface area contributed by atoms with E-state index in [1.807, 2.05) is 44.2 Å². The number of likely N-dealkylation sites (tertiary alicyclic amines) is 1. The van der Waals surface area contributed by atoms with Gasteiger partial charge in [0.1, 0.15) is 6.04 Å². The van der Waals surface area contributed by atoms with E-state index in [-0.39, 0.29) is 35.5 Å². The molecule has 6 heteroatoms. The quantitative estimate of drug-likeness (QED) is 0.590. The van der Waals surface area contributed by atoms with Crippen molar-refractivity contribution < 1.29 is 14.4 Å². The highest BCUT2D eigenvalue weighted by Gasteiger charge is 2.51. The number of nitrogens with zero attached hydrogens (tertiary/aromatic N) is 2. The van der Waals surface area contributed by atoms with Gasteiger partial charge in [0.2, 0.25) is 17.7 Å². The van der Waals surface area contributed by atoms with E-state index in [9.17, 15) is 14.4 Å². The van der Waals surface area contributed by atoms with Gasteiger partial charge in [0.05, 0.1) is 11.8 Å². The molecule has 0 bridgehead atoms. The monoisotopic (exact) mass is 369 g/mol. The average Bonchev–Trinajstić information content (AvgIpc) is 2.91. The highest BCUT2D eigenvalue weighted by atomic mass is 16.2. The molecule has 3 atom stereocenters. The molecule has 2 aliphatic rings. The Labute approximate surface area is 160 Å². The summed E-state index contributed by atoms with van der Waals surface area (Å²) in [7, 11) is 0. The third-order valence-corrected chi connectivity index (χ3v) is 5.26. The van der Waals surface area contributed by atoms with E-state index in [4.69, 9.17) is 0 Å². The first kappa shape index (κ1) is 19.3. The molecule has 3 amide bonds. The number of carbonyl (C=O) groups is 3. The van der Waals surface area contributed by atoms with Crippen molar-refractivity contribution in [3.63, 3.8) is 0 Å². The second-order valence-electron chi connectivity index (χ2n) is 7.71. The molecule has 1 aliphatic carbocycles. The summed E-state index contributed by atoms with van der Waals surface area (Å²) in [6, 6.07) is 4.92. The number of pyridine rings is 1. The van der Waals surface area contributed by atoms with Gasteiger partial charge in [-0.25, -0.2) is 0 Å². The van der Waals surface area contributed by atoms with Crippen LogP contribution in [0.1, 0.15) is 38.8 Å². The Hall–Kier alpha value is -2.50. The number of hydrogen-bond donors (Lipinski definition) is 1. The lowest BCUT2D eigenvalue weighted by molar-refractivity contribution is -0.148. The van der Waals surface area contributed by atoms with Gasteiger partial charge >= 0.3 is 0 Å². The second-order valence-corrected chi connectivity index (χ2v) is 7.71. The van der Waals surface area contributed by atoms with Crippen molar-refractivity contribution in [2.75, 3.05) is 6.54 Å². The summed E-state index contributed by atoms with van der Waals surface area (Å²) in [6.07, 6.45) is 7.89. The molecule has 3 rings (SSSR count). The van der Waals surface area contributed by atoms with Crippen molar-refractivity contribution in [3.8, 4) is 0 Å². The number of nitrogens with one attached hydrogen (secondary N) is 1. The predicted molar refractivity (Wildman–Crippen MR) is 101 cm³/mol. The van der Waals surface area contributed by atoms with Crippen molar-refractivity contribution in [3.05, 3.63) is 42.2 Å². The Bertz CT molecular complexity index is 703. The normalized spacial score (nSPS) is 22.9. The molecule has 0 aromatic carbocycles. The fourth-order valence-electron chi connectivity index (χ4n) is 3.89. The van der Waals surface area contributed by atoms with E-state index in [1.54, 1.807) is 6.20 Å². The van der Waals surface area contributed by atoms with E-state index < -0.39 is 6.04 Å². The van der Waals surface area contributed by atoms with Crippen molar-refractivity contribution in [2.45, 2.75) is 45.6 Å². The standard InChI is InChI=1S/C21H27N3O3/c1-14(2)13-18(19(25)23-12-10-15-7-5-6-11-22-15)24-20(26)16-8-3-4-9-17(16)21(24)27/h3-7,11,14,16-18H,8-10,12-13H2,1-2H3,(H,23,25). The maximum absolute atomic E-state index is 12.9. The molecule has 27 heavy (non-hydrogen) atoms. The van der Waals surface area contributed by atoms with E-state index in [1.165, 1.54) is 4.90 Å². The molecule has 0 spiro atoms. The Morgan fingerprint density at radius 2 is 1.85 bits per heavy atom. The molecule has 1 aromatic heterocycles. The fourth-order valence-corrected chi connectivity index (χ4v) is 3.89. The van der Waals surface area contributed by atoms with Gasteiger partial charge in [-0.15, -0.1) is 0 Å². The minimum absolute atomic E-state index is 0.192. The summed E-state index contributed by atoms with van der Waals surface area (Å²) >= 11 is 0. The van der Waals surface area contributed by atoms with Crippen molar-refractivity contribution >= 4 is 17.7 Å². The molecular weight excluding hydrogens is 342 g/mol. The Kier molecular flexibility index (Phi) is 6.04. The Morgan fingerprint density at radius 1 is 1.19 bits per heavy atom. The highest BCUT2D eigenvalue weighted by Crippen LogP contribution is 2.37. The predicted octanol–water partition coefficient (Wildman–Crippen LogP) is 2.11. The number of imide groups is 1. The number of hydrogen-bond acceptors (Lipinski definition) is 4. The number of rotatable bonds is 7. The summed E-state index contributed by atoms with van der Waals surface area (Å²) in [5.74, 6) is -1.07. The van der Waals surface area contributed by atoms with Crippen LogP contribution in [0.4, 0.5) is 0 Å². The van der Waals surface area contributed by atoms with Gasteiger partial charge in [0, 0.05) is 24.9 Å². The second kappa shape index (κ2) is 8.46. The third-order valence-electron chi connectivity index (χ3n) is 5.26. The Balaban J connectivity index is 1.68. The van der Waals surface area contributed by atoms with Crippen LogP contribution in [0, 0.1) is 17.8 Å². The molecule has 1 aliphatic heterocycles. The summed E-state index contributed by atoms with van der Waals surface area (Å²) in [4.78, 5) is 44.1. The summed E-state index contributed by atoms with van der Waals surface area (Å²) in [6.45, 7) is 4.41. The lowest BCUT2D eigenvalue weighted by Crippen LogP contribution is -2.51. The zero-order valence-electron chi connectivity index (χ0n) is 15.9. The van der Waals surface area contributed by atoms with Crippen molar-refractivity contribution in [2.24, 2.45) is 17.8 Å². The topological polar surface area (TPSA) is 79.4 Å². The summed E-state index contributed by atoms with van der Waals surface area (Å²) < 4.78 is 0. The van der Waals surface area contributed by atoms with E-state index in [0.717, 1.165) is 5.69 Å². The summed E-state index contributed by atoms with van der Waals surface area (Å²) in [5, 5.41) is 2.90. The molecular formula is C21H27N3O3. The third kappa shape index (κ3) is 4.26. The molecule has 1 saturated heterocycles. The van der Waals surface area contributed by atoms with Crippen LogP contribution in [-0.4, -0.2) is 40.2 Å². The molecule has 144 valence electrons. The largest absolute Gasteiger partial charge is 0.354 e.